The van der Waals surface area contributed by atoms with Crippen molar-refractivity contribution in [2.24, 2.45) is 5.92 Å². The molecule has 3 aromatic rings. The van der Waals surface area contributed by atoms with Gasteiger partial charge in [-0.15, -0.1) is 0 Å². The fourth-order valence-corrected chi connectivity index (χ4v) is 4.19. The molecule has 0 saturated carbocycles. The van der Waals surface area contributed by atoms with E-state index in [2.05, 4.69) is 27.0 Å². The van der Waals surface area contributed by atoms with Crippen LogP contribution in [0.15, 0.2) is 60.8 Å². The second-order valence-electron chi connectivity index (χ2n) is 8.70. The average Bonchev–Trinajstić information content (AvgIpc) is 2.86. The summed E-state index contributed by atoms with van der Waals surface area (Å²) in [5.74, 6) is 0.349. The maximum absolute atomic E-state index is 12.7. The van der Waals surface area contributed by atoms with E-state index in [-0.39, 0.29) is 5.91 Å². The van der Waals surface area contributed by atoms with Gasteiger partial charge in [-0.3, -0.25) is 15.1 Å². The van der Waals surface area contributed by atoms with Gasteiger partial charge < -0.3 is 20.5 Å². The Morgan fingerprint density at radius 3 is 2.37 bits per heavy atom. The van der Waals surface area contributed by atoms with Crippen molar-refractivity contribution < 1.29 is 19.4 Å². The van der Waals surface area contributed by atoms with Gasteiger partial charge in [0.2, 0.25) is 0 Å². The van der Waals surface area contributed by atoms with Crippen LogP contribution in [0.5, 0.6) is 0 Å². The molecule has 0 spiro atoms. The number of hydrogen-bond donors (Lipinski definition) is 4. The molecule has 0 bridgehead atoms. The van der Waals surface area contributed by atoms with E-state index < -0.39 is 6.09 Å². The van der Waals surface area contributed by atoms with Crippen LogP contribution in [0.1, 0.15) is 34.3 Å². The maximum Gasteiger partial charge on any atom is 0.409 e. The monoisotopic (exact) mass is 474 g/mol. The maximum atomic E-state index is 12.7. The van der Waals surface area contributed by atoms with E-state index in [0.717, 1.165) is 61.5 Å². The Kier molecular flexibility index (Phi) is 8.07. The zero-order chi connectivity index (χ0) is 24.6. The van der Waals surface area contributed by atoms with E-state index >= 15 is 0 Å². The van der Waals surface area contributed by atoms with Crippen LogP contribution in [-0.2, 0) is 11.3 Å². The van der Waals surface area contributed by atoms with Crippen LogP contribution in [0, 0.1) is 12.8 Å². The topological polar surface area (TPSA) is 113 Å². The highest BCUT2D eigenvalue weighted by Gasteiger charge is 2.14. The molecule has 8 heteroatoms. The molecule has 1 aromatic heterocycles. The van der Waals surface area contributed by atoms with Crippen molar-refractivity contribution in [1.82, 2.24) is 10.3 Å². The molecule has 2 amide bonds. The standard InChI is InChI=1S/C27H30N4O4/c1-18-14-20(16-28-15-19-10-12-35-13-11-19)17-29-25(18)21-6-8-22(9-7-21)26(32)30-23-4-2-3-5-24(23)31-27(33)34/h2-9,14,17,19,28,31H,10-13,15-16H2,1H3,(H,30,32)(H,33,34). The van der Waals surface area contributed by atoms with Crippen LogP contribution >= 0.6 is 0 Å². The van der Waals surface area contributed by atoms with Crippen molar-refractivity contribution in [1.29, 1.82) is 0 Å². The molecule has 1 saturated heterocycles. The van der Waals surface area contributed by atoms with Crippen LogP contribution in [0.25, 0.3) is 11.3 Å². The van der Waals surface area contributed by atoms with Crippen molar-refractivity contribution in [3.63, 3.8) is 0 Å². The number of amides is 2. The lowest BCUT2D eigenvalue weighted by molar-refractivity contribution is 0.0662. The van der Waals surface area contributed by atoms with Gasteiger partial charge in [-0.25, -0.2) is 4.79 Å². The molecule has 0 atom stereocenters. The highest BCUT2D eigenvalue weighted by atomic mass is 16.5. The SMILES string of the molecule is Cc1cc(CNCC2CCOCC2)cnc1-c1ccc(C(=O)Nc2ccccc2NC(=O)O)cc1. The number of nitrogens with zero attached hydrogens (tertiary/aromatic N) is 1. The van der Waals surface area contributed by atoms with E-state index in [4.69, 9.17) is 9.84 Å². The van der Waals surface area contributed by atoms with Gasteiger partial charge in [0.1, 0.15) is 0 Å². The van der Waals surface area contributed by atoms with Crippen molar-refractivity contribution >= 4 is 23.4 Å². The first-order chi connectivity index (χ1) is 17.0. The van der Waals surface area contributed by atoms with E-state index in [0.29, 0.717) is 22.9 Å². The second kappa shape index (κ2) is 11.6. The van der Waals surface area contributed by atoms with Gasteiger partial charge in [0.05, 0.1) is 17.1 Å². The van der Waals surface area contributed by atoms with Crippen LogP contribution in [0.4, 0.5) is 16.2 Å². The number of aryl methyl sites for hydroxylation is 1. The molecule has 2 heterocycles. The van der Waals surface area contributed by atoms with Gasteiger partial charge >= 0.3 is 6.09 Å². The first kappa shape index (κ1) is 24.4. The average molecular weight is 475 g/mol. The Labute approximate surface area is 204 Å². The molecule has 182 valence electrons. The molecule has 4 N–H and O–H groups in total. The van der Waals surface area contributed by atoms with E-state index in [1.165, 1.54) is 0 Å². The quantitative estimate of drug-likeness (QED) is 0.369. The smallest absolute Gasteiger partial charge is 0.409 e. The van der Waals surface area contributed by atoms with Crippen molar-refractivity contribution in [2.45, 2.75) is 26.3 Å². The van der Waals surface area contributed by atoms with Gasteiger partial charge in [0, 0.05) is 37.1 Å². The lowest BCUT2D eigenvalue weighted by Crippen LogP contribution is -2.27. The molecule has 8 nitrogen and oxygen atoms in total. The normalized spacial score (nSPS) is 13.9. The molecule has 1 aliphatic heterocycles. The van der Waals surface area contributed by atoms with E-state index in [9.17, 15) is 9.59 Å². The van der Waals surface area contributed by atoms with E-state index in [1.807, 2.05) is 25.3 Å². The number of anilines is 2. The third kappa shape index (κ3) is 6.65. The zero-order valence-corrected chi connectivity index (χ0v) is 19.7. The minimum absolute atomic E-state index is 0.312. The molecular formula is C27H30N4O4. The number of rotatable bonds is 8. The number of nitrogens with one attached hydrogen (secondary N) is 3. The zero-order valence-electron chi connectivity index (χ0n) is 19.7. The van der Waals surface area contributed by atoms with Gasteiger partial charge in [-0.2, -0.15) is 0 Å². The van der Waals surface area contributed by atoms with Gasteiger partial charge in [-0.05, 0) is 67.6 Å². The van der Waals surface area contributed by atoms with Crippen molar-refractivity contribution in [3.05, 3.63) is 77.5 Å². The number of carbonyl (C=O) groups excluding carboxylic acids is 1. The third-order valence-electron chi connectivity index (χ3n) is 6.08. The number of aromatic nitrogens is 1. The molecule has 2 aromatic carbocycles. The molecule has 1 fully saturated rings. The molecule has 0 aliphatic carbocycles. The second-order valence-corrected chi connectivity index (χ2v) is 8.70. The Bertz CT molecular complexity index is 1170. The van der Waals surface area contributed by atoms with Crippen LogP contribution in [0.3, 0.4) is 0 Å². The summed E-state index contributed by atoms with van der Waals surface area (Å²) < 4.78 is 5.42. The van der Waals surface area contributed by atoms with Crippen molar-refractivity contribution in [3.8, 4) is 11.3 Å². The van der Waals surface area contributed by atoms with Crippen LogP contribution in [0.2, 0.25) is 0 Å². The molecule has 0 unspecified atom stereocenters. The van der Waals surface area contributed by atoms with Crippen LogP contribution in [-0.4, -0.2) is 41.8 Å². The summed E-state index contributed by atoms with van der Waals surface area (Å²) >= 11 is 0. The van der Waals surface area contributed by atoms with Gasteiger partial charge in [-0.1, -0.05) is 30.3 Å². The largest absolute Gasteiger partial charge is 0.465 e. The number of pyridine rings is 1. The minimum Gasteiger partial charge on any atom is -0.465 e. The summed E-state index contributed by atoms with van der Waals surface area (Å²) in [6.45, 7) is 5.53. The van der Waals surface area contributed by atoms with Crippen molar-refractivity contribution in [2.75, 3.05) is 30.4 Å². The summed E-state index contributed by atoms with van der Waals surface area (Å²) in [6, 6.07) is 16.0. The Balaban J connectivity index is 1.37. The first-order valence-electron chi connectivity index (χ1n) is 11.7. The molecule has 0 radical (unpaired) electrons. The number of carboxylic acid groups (broad SMARTS) is 1. The summed E-state index contributed by atoms with van der Waals surface area (Å²) in [5.41, 5.74) is 5.18. The fraction of sp³-hybridized carbons (Fsp3) is 0.296. The van der Waals surface area contributed by atoms with Crippen LogP contribution < -0.4 is 16.0 Å². The highest BCUT2D eigenvalue weighted by molar-refractivity contribution is 6.07. The van der Waals surface area contributed by atoms with Gasteiger partial charge in [0.25, 0.3) is 5.91 Å². The lowest BCUT2D eigenvalue weighted by Gasteiger charge is -2.22. The summed E-state index contributed by atoms with van der Waals surface area (Å²) in [6.07, 6.45) is 2.93. The predicted molar refractivity (Wildman–Crippen MR) is 136 cm³/mol. The number of carbonyl (C=O) groups is 2. The number of hydrogen-bond acceptors (Lipinski definition) is 5. The minimum atomic E-state index is -1.19. The van der Waals surface area contributed by atoms with Gasteiger partial charge in [0.15, 0.2) is 0 Å². The number of benzene rings is 2. The highest BCUT2D eigenvalue weighted by Crippen LogP contribution is 2.24. The molecule has 35 heavy (non-hydrogen) atoms. The lowest BCUT2D eigenvalue weighted by atomic mass is 10.0. The third-order valence-corrected chi connectivity index (χ3v) is 6.08. The fourth-order valence-electron chi connectivity index (χ4n) is 4.19. The first-order valence-corrected chi connectivity index (χ1v) is 11.7. The summed E-state index contributed by atoms with van der Waals surface area (Å²) in [7, 11) is 0. The summed E-state index contributed by atoms with van der Waals surface area (Å²) in [4.78, 5) is 28.4. The Morgan fingerprint density at radius 1 is 1.03 bits per heavy atom. The number of para-hydroxylation sites is 2. The van der Waals surface area contributed by atoms with E-state index in [1.54, 1.807) is 36.4 Å². The predicted octanol–water partition coefficient (Wildman–Crippen LogP) is 4.92. The Hall–Kier alpha value is -3.75. The summed E-state index contributed by atoms with van der Waals surface area (Å²) in [5, 5.41) is 17.6. The Morgan fingerprint density at radius 2 is 1.71 bits per heavy atom. The number of ether oxygens (including phenoxy) is 1. The molecule has 1 aliphatic rings. The molecular weight excluding hydrogens is 444 g/mol. The molecule has 4 rings (SSSR count).